The Bertz CT molecular complexity index is 1390. The Morgan fingerprint density at radius 2 is 1.74 bits per heavy atom. The van der Waals surface area contributed by atoms with Crippen LogP contribution in [0.4, 0.5) is 17.6 Å². The lowest BCUT2D eigenvalue weighted by Crippen LogP contribution is -2.58. The lowest BCUT2D eigenvalue weighted by Gasteiger charge is -2.36. The summed E-state index contributed by atoms with van der Waals surface area (Å²) in [5.74, 6) is -1.11. The van der Waals surface area contributed by atoms with Gasteiger partial charge in [0, 0.05) is 31.1 Å². The highest BCUT2D eigenvalue weighted by atomic mass is 19.4. The minimum absolute atomic E-state index is 0.00156. The van der Waals surface area contributed by atoms with Gasteiger partial charge in [0.2, 0.25) is 5.91 Å². The first kappa shape index (κ1) is 29.8. The van der Waals surface area contributed by atoms with E-state index in [4.69, 9.17) is 0 Å². The van der Waals surface area contributed by atoms with Crippen molar-refractivity contribution in [3.8, 4) is 11.3 Å². The first-order valence-corrected chi connectivity index (χ1v) is 14.4. The van der Waals surface area contributed by atoms with E-state index in [1.807, 2.05) is 7.05 Å². The SMILES string of the molecule is CN1CC(NC(=O)C[C@H](CCc2ccc(F)cc2)NC(=O)c2cc(-c3ccccc3C(F)(F)F)n(C3CCCC3)n2)C1. The van der Waals surface area contributed by atoms with E-state index < -0.39 is 23.7 Å². The third-order valence-electron chi connectivity index (χ3n) is 8.04. The number of alkyl halides is 3. The fourth-order valence-corrected chi connectivity index (χ4v) is 5.86. The number of hydrogen-bond donors (Lipinski definition) is 2. The fraction of sp³-hybridized carbons (Fsp3) is 0.452. The summed E-state index contributed by atoms with van der Waals surface area (Å²) < 4.78 is 56.7. The standard InChI is InChI=1S/C31H35F4N5O2/c1-39-18-23(19-39)36-29(41)16-22(15-12-20-10-13-21(32)14-11-20)37-30(42)27-17-28(40(38-27)24-6-2-3-7-24)25-8-4-5-9-26(25)31(33,34)35/h4-5,8-11,13-14,17,22-24H,2-3,6-7,12,15-16,18-19H2,1H3,(H,36,41)(H,37,42)/t22-/m0/s1. The first-order chi connectivity index (χ1) is 20.1. The summed E-state index contributed by atoms with van der Waals surface area (Å²) in [7, 11) is 1.96. The smallest absolute Gasteiger partial charge is 0.351 e. The summed E-state index contributed by atoms with van der Waals surface area (Å²) in [6, 6.07) is 12.1. The van der Waals surface area contributed by atoms with Crippen molar-refractivity contribution in [2.45, 2.75) is 69.2 Å². The van der Waals surface area contributed by atoms with Gasteiger partial charge < -0.3 is 15.5 Å². The van der Waals surface area contributed by atoms with Crippen LogP contribution < -0.4 is 10.6 Å². The molecule has 42 heavy (non-hydrogen) atoms. The molecule has 3 aromatic rings. The van der Waals surface area contributed by atoms with E-state index in [1.165, 1.54) is 30.3 Å². The van der Waals surface area contributed by atoms with Gasteiger partial charge in [-0.05, 0) is 62.6 Å². The summed E-state index contributed by atoms with van der Waals surface area (Å²) in [6.45, 7) is 1.50. The molecular formula is C31H35F4N5O2. The molecule has 1 aliphatic carbocycles. The van der Waals surface area contributed by atoms with Gasteiger partial charge in [-0.15, -0.1) is 0 Å². The van der Waals surface area contributed by atoms with Crippen LogP contribution in [0.5, 0.6) is 0 Å². The highest BCUT2D eigenvalue weighted by Gasteiger charge is 2.35. The zero-order valence-corrected chi connectivity index (χ0v) is 23.5. The molecule has 11 heteroatoms. The number of carbonyl (C=O) groups excluding carboxylic acids is 2. The molecule has 2 heterocycles. The van der Waals surface area contributed by atoms with Crippen LogP contribution >= 0.6 is 0 Å². The second-order valence-electron chi connectivity index (χ2n) is 11.4. The molecule has 5 rings (SSSR count). The highest BCUT2D eigenvalue weighted by Crippen LogP contribution is 2.40. The molecule has 1 aliphatic heterocycles. The Balaban J connectivity index is 1.38. The molecular weight excluding hydrogens is 550 g/mol. The topological polar surface area (TPSA) is 79.3 Å². The molecule has 1 aromatic heterocycles. The Kier molecular flexibility index (Phi) is 8.96. The van der Waals surface area contributed by atoms with Gasteiger partial charge in [-0.1, -0.05) is 43.2 Å². The third kappa shape index (κ3) is 7.18. The van der Waals surface area contributed by atoms with Gasteiger partial charge in [0.25, 0.3) is 5.91 Å². The van der Waals surface area contributed by atoms with Crippen LogP contribution in [-0.2, 0) is 17.4 Å². The van der Waals surface area contributed by atoms with Gasteiger partial charge in [0.15, 0.2) is 5.69 Å². The predicted molar refractivity (Wildman–Crippen MR) is 150 cm³/mol. The first-order valence-electron chi connectivity index (χ1n) is 14.4. The number of aryl methyl sites for hydroxylation is 1. The van der Waals surface area contributed by atoms with Crippen molar-refractivity contribution in [2.24, 2.45) is 0 Å². The van der Waals surface area contributed by atoms with Crippen molar-refractivity contribution in [1.82, 2.24) is 25.3 Å². The van der Waals surface area contributed by atoms with E-state index in [2.05, 4.69) is 20.6 Å². The second kappa shape index (κ2) is 12.6. The van der Waals surface area contributed by atoms with Crippen LogP contribution in [0.1, 0.15) is 66.2 Å². The summed E-state index contributed by atoms with van der Waals surface area (Å²) >= 11 is 0. The van der Waals surface area contributed by atoms with Gasteiger partial charge in [-0.3, -0.25) is 14.3 Å². The Morgan fingerprint density at radius 1 is 1.05 bits per heavy atom. The number of amides is 2. The number of halogens is 4. The molecule has 1 saturated carbocycles. The van der Waals surface area contributed by atoms with Crippen molar-refractivity contribution in [2.75, 3.05) is 20.1 Å². The number of rotatable bonds is 10. The lowest BCUT2D eigenvalue weighted by atomic mass is 10.0. The quantitative estimate of drug-likeness (QED) is 0.314. The maximum Gasteiger partial charge on any atom is 0.417 e. The van der Waals surface area contributed by atoms with E-state index in [9.17, 15) is 27.2 Å². The Hall–Kier alpha value is -3.73. The molecule has 2 aromatic carbocycles. The third-order valence-corrected chi connectivity index (χ3v) is 8.04. The minimum Gasteiger partial charge on any atom is -0.351 e. The number of carbonyl (C=O) groups is 2. The summed E-state index contributed by atoms with van der Waals surface area (Å²) in [4.78, 5) is 28.4. The van der Waals surface area contributed by atoms with E-state index >= 15 is 0 Å². The summed E-state index contributed by atoms with van der Waals surface area (Å²) in [6.07, 6.45) is -0.249. The number of aromatic nitrogens is 2. The van der Waals surface area contributed by atoms with Gasteiger partial charge in [-0.2, -0.15) is 18.3 Å². The molecule has 1 atom stereocenters. The summed E-state index contributed by atoms with van der Waals surface area (Å²) in [5.41, 5.74) is 0.289. The molecule has 7 nitrogen and oxygen atoms in total. The van der Waals surface area contributed by atoms with Gasteiger partial charge in [-0.25, -0.2) is 4.39 Å². The Morgan fingerprint density at radius 3 is 2.40 bits per heavy atom. The van der Waals surface area contributed by atoms with Crippen LogP contribution in [0.25, 0.3) is 11.3 Å². The van der Waals surface area contributed by atoms with Crippen molar-refractivity contribution in [3.63, 3.8) is 0 Å². The number of benzene rings is 2. The molecule has 0 radical (unpaired) electrons. The van der Waals surface area contributed by atoms with Crippen LogP contribution in [-0.4, -0.2) is 58.7 Å². The maximum absolute atomic E-state index is 13.9. The number of likely N-dealkylation sites (tertiary alicyclic amines) is 1. The molecule has 0 bridgehead atoms. The van der Waals surface area contributed by atoms with Gasteiger partial charge in [0.05, 0.1) is 23.3 Å². The van der Waals surface area contributed by atoms with Crippen LogP contribution in [0.2, 0.25) is 0 Å². The van der Waals surface area contributed by atoms with Crippen molar-refractivity contribution >= 4 is 11.8 Å². The molecule has 2 N–H and O–H groups in total. The molecule has 2 amide bonds. The highest BCUT2D eigenvalue weighted by molar-refractivity contribution is 5.94. The average Bonchev–Trinajstić information content (AvgIpc) is 3.62. The molecule has 2 aliphatic rings. The van der Waals surface area contributed by atoms with Gasteiger partial charge in [0.1, 0.15) is 5.82 Å². The number of nitrogens with one attached hydrogen (secondary N) is 2. The normalized spacial score (nSPS) is 17.2. The van der Waals surface area contributed by atoms with Crippen molar-refractivity contribution in [3.05, 3.63) is 77.2 Å². The van der Waals surface area contributed by atoms with Crippen LogP contribution in [0.3, 0.4) is 0 Å². The van der Waals surface area contributed by atoms with E-state index in [0.29, 0.717) is 12.8 Å². The zero-order valence-electron chi connectivity index (χ0n) is 23.5. The van der Waals surface area contributed by atoms with E-state index in [-0.39, 0.29) is 47.2 Å². The van der Waals surface area contributed by atoms with Crippen molar-refractivity contribution in [1.29, 1.82) is 0 Å². The maximum atomic E-state index is 13.9. The Labute approximate surface area is 242 Å². The average molecular weight is 586 g/mol. The molecule has 1 saturated heterocycles. The molecule has 0 unspecified atom stereocenters. The van der Waals surface area contributed by atoms with E-state index in [1.54, 1.807) is 22.9 Å². The fourth-order valence-electron chi connectivity index (χ4n) is 5.86. The molecule has 224 valence electrons. The second-order valence-corrected chi connectivity index (χ2v) is 11.4. The predicted octanol–water partition coefficient (Wildman–Crippen LogP) is 5.37. The monoisotopic (exact) mass is 585 g/mol. The largest absolute Gasteiger partial charge is 0.417 e. The zero-order chi connectivity index (χ0) is 29.9. The molecule has 0 spiro atoms. The van der Waals surface area contributed by atoms with Crippen molar-refractivity contribution < 1.29 is 27.2 Å². The van der Waals surface area contributed by atoms with Crippen LogP contribution in [0.15, 0.2) is 54.6 Å². The summed E-state index contributed by atoms with van der Waals surface area (Å²) in [5, 5.41) is 10.4. The van der Waals surface area contributed by atoms with Crippen LogP contribution in [0, 0.1) is 5.82 Å². The minimum atomic E-state index is -4.57. The number of likely N-dealkylation sites (N-methyl/N-ethyl adjacent to an activating group) is 1. The molecule has 2 fully saturated rings. The van der Waals surface area contributed by atoms with E-state index in [0.717, 1.165) is 50.4 Å². The van der Waals surface area contributed by atoms with Gasteiger partial charge >= 0.3 is 6.18 Å². The lowest BCUT2D eigenvalue weighted by molar-refractivity contribution is -0.137. The number of hydrogen-bond acceptors (Lipinski definition) is 4. The number of nitrogens with zero attached hydrogens (tertiary/aromatic N) is 3.